The summed E-state index contributed by atoms with van der Waals surface area (Å²) >= 11 is 0. The van der Waals surface area contributed by atoms with Crippen molar-refractivity contribution < 1.29 is 31.1 Å². The van der Waals surface area contributed by atoms with E-state index in [1.807, 2.05) is 19.6 Å². The molecule has 1 aliphatic rings. The third-order valence-corrected chi connectivity index (χ3v) is 9.75. The number of rotatable bonds is 8. The number of nitrogens with one attached hydrogen (secondary N) is 1. The van der Waals surface area contributed by atoms with Crippen LogP contribution in [0.2, 0.25) is 19.6 Å². The van der Waals surface area contributed by atoms with E-state index in [0.29, 0.717) is 36.2 Å². The van der Waals surface area contributed by atoms with Gasteiger partial charge in [-0.3, -0.25) is 9.79 Å². The molecule has 0 spiro atoms. The van der Waals surface area contributed by atoms with E-state index in [1.54, 1.807) is 6.92 Å². The first-order valence-corrected chi connectivity index (χ1v) is 16.0. The fraction of sp³-hybridized carbons (Fsp3) is 0.591. The van der Waals surface area contributed by atoms with Gasteiger partial charge in [0.25, 0.3) is 0 Å². The summed E-state index contributed by atoms with van der Waals surface area (Å²) in [5.74, 6) is -1.21. The Morgan fingerprint density at radius 1 is 1.29 bits per heavy atom. The van der Waals surface area contributed by atoms with E-state index in [9.17, 15) is 26.4 Å². The number of sulfonamides is 1. The van der Waals surface area contributed by atoms with Crippen molar-refractivity contribution >= 4 is 41.2 Å². The summed E-state index contributed by atoms with van der Waals surface area (Å²) in [7, 11) is -5.26. The van der Waals surface area contributed by atoms with Crippen LogP contribution in [0.3, 0.4) is 0 Å². The predicted octanol–water partition coefficient (Wildman–Crippen LogP) is 3.69. The lowest BCUT2D eigenvalue weighted by Gasteiger charge is -2.36. The monoisotopic (exact) mass is 519 g/mol. The Balaban J connectivity index is 2.47. The van der Waals surface area contributed by atoms with Crippen LogP contribution in [0.4, 0.5) is 13.2 Å². The number of carbonyl (C=O) groups excluding carboxylic acids is 1. The first-order valence-electron chi connectivity index (χ1n) is 11.0. The van der Waals surface area contributed by atoms with Gasteiger partial charge < -0.3 is 10.1 Å². The second-order valence-electron chi connectivity index (χ2n) is 9.28. The van der Waals surface area contributed by atoms with Gasteiger partial charge in [0, 0.05) is 30.9 Å². The van der Waals surface area contributed by atoms with Gasteiger partial charge in [-0.25, -0.2) is 8.42 Å². The molecule has 0 bridgehead atoms. The van der Waals surface area contributed by atoms with Crippen molar-refractivity contribution in [3.8, 4) is 0 Å². The Morgan fingerprint density at radius 3 is 2.47 bits per heavy atom. The molecule has 2 atom stereocenters. The topological polar surface area (TPSA) is 99.9 Å². The summed E-state index contributed by atoms with van der Waals surface area (Å²) in [5.41, 5.74) is -0.489. The van der Waals surface area contributed by atoms with Crippen molar-refractivity contribution in [3.63, 3.8) is 0 Å². The first-order chi connectivity index (χ1) is 15.6. The van der Waals surface area contributed by atoms with Crippen molar-refractivity contribution in [2.45, 2.75) is 62.9 Å². The third-order valence-electron chi connectivity index (χ3n) is 5.87. The molecule has 0 heterocycles. The van der Waals surface area contributed by atoms with Gasteiger partial charge in [-0.2, -0.15) is 17.5 Å². The van der Waals surface area contributed by atoms with E-state index in [-0.39, 0.29) is 13.2 Å². The highest BCUT2D eigenvalue weighted by Crippen LogP contribution is 2.33. The van der Waals surface area contributed by atoms with Gasteiger partial charge in [0.1, 0.15) is 6.54 Å². The Morgan fingerprint density at radius 2 is 1.94 bits per heavy atom. The number of hydrogen-bond acceptors (Lipinski definition) is 6. The number of esters is 1. The lowest BCUT2D eigenvalue weighted by Crippen LogP contribution is -2.48. The van der Waals surface area contributed by atoms with Crippen molar-refractivity contribution in [2.24, 2.45) is 10.9 Å². The zero-order valence-corrected chi connectivity index (χ0v) is 21.9. The summed E-state index contributed by atoms with van der Waals surface area (Å²) in [5, 5.41) is 8.26. The van der Waals surface area contributed by atoms with Gasteiger partial charge in [0.05, 0.1) is 25.1 Å². The molecule has 2 unspecified atom stereocenters. The van der Waals surface area contributed by atoms with Crippen LogP contribution >= 0.6 is 0 Å². The van der Waals surface area contributed by atoms with Gasteiger partial charge in [-0.1, -0.05) is 30.9 Å². The summed E-state index contributed by atoms with van der Waals surface area (Å²) in [4.78, 5) is 15.5. The van der Waals surface area contributed by atoms with E-state index in [4.69, 9.17) is 10.1 Å². The second-order valence-corrected chi connectivity index (χ2v) is 16.4. The summed E-state index contributed by atoms with van der Waals surface area (Å²) in [6.45, 7) is 7.19. The number of hydrogen-bond donors (Lipinski definition) is 1. The lowest BCUT2D eigenvalue weighted by atomic mass is 9.83. The Bertz CT molecular complexity index is 1020. The maximum absolute atomic E-state index is 13.6. The molecule has 1 N–H and O–H groups in total. The zero-order valence-electron chi connectivity index (χ0n) is 20.1. The molecule has 0 aromatic heterocycles. The highest BCUT2D eigenvalue weighted by Gasteiger charge is 2.39. The Labute approximate surface area is 200 Å². The molecule has 1 aliphatic carbocycles. The standard InChI is InChI=1S/C22H32F3N3O4SSi/c1-6-32-21(29)14-27-19-8-7-9-20(18(19)13-26)28(2)33(30,31)16-10-15(22(23,24)25)11-17(12-16)34(3,4)5/h10-13,18,20,26H,6-9,14H2,1-5H3. The maximum atomic E-state index is 13.6. The van der Waals surface area contributed by atoms with Crippen LogP contribution in [0.1, 0.15) is 31.7 Å². The predicted molar refractivity (Wildman–Crippen MR) is 128 cm³/mol. The molecule has 1 fully saturated rings. The molecular weight excluding hydrogens is 487 g/mol. The molecule has 0 saturated heterocycles. The van der Waals surface area contributed by atoms with Crippen LogP contribution in [0.15, 0.2) is 28.1 Å². The van der Waals surface area contributed by atoms with Crippen LogP contribution < -0.4 is 5.19 Å². The molecular formula is C22H32F3N3O4SSi. The normalized spacial score (nSPS) is 21.0. The smallest absolute Gasteiger partial charge is 0.416 e. The van der Waals surface area contributed by atoms with Crippen molar-refractivity contribution in [1.29, 1.82) is 5.41 Å². The third kappa shape index (κ3) is 6.54. The summed E-state index contributed by atoms with van der Waals surface area (Å²) in [6, 6.07) is 2.34. The number of alkyl halides is 3. The molecule has 0 radical (unpaired) electrons. The minimum absolute atomic E-state index is 0.206. The Hall–Kier alpha value is -2.05. The zero-order chi connectivity index (χ0) is 25.9. The molecule has 12 heteroatoms. The van der Waals surface area contributed by atoms with E-state index in [1.165, 1.54) is 13.1 Å². The van der Waals surface area contributed by atoms with Gasteiger partial charge in [0.15, 0.2) is 0 Å². The second kappa shape index (κ2) is 10.7. The summed E-state index contributed by atoms with van der Waals surface area (Å²) < 4.78 is 73.6. The van der Waals surface area contributed by atoms with Crippen LogP contribution in [0.5, 0.6) is 0 Å². The molecule has 1 aromatic rings. The number of halogens is 3. The molecule has 7 nitrogen and oxygen atoms in total. The van der Waals surface area contributed by atoms with Gasteiger partial charge in [0.2, 0.25) is 10.0 Å². The van der Waals surface area contributed by atoms with E-state index in [0.717, 1.165) is 16.6 Å². The van der Waals surface area contributed by atoms with Crippen molar-refractivity contribution in [2.75, 3.05) is 20.2 Å². The largest absolute Gasteiger partial charge is 0.465 e. The minimum atomic E-state index is -4.69. The molecule has 2 rings (SSSR count). The van der Waals surface area contributed by atoms with Crippen LogP contribution in [0, 0.1) is 11.3 Å². The van der Waals surface area contributed by atoms with Crippen LogP contribution in [0.25, 0.3) is 0 Å². The highest BCUT2D eigenvalue weighted by atomic mass is 32.2. The fourth-order valence-electron chi connectivity index (χ4n) is 3.92. The number of benzene rings is 1. The number of carbonyl (C=O) groups is 1. The van der Waals surface area contributed by atoms with Crippen molar-refractivity contribution in [3.05, 3.63) is 23.8 Å². The molecule has 1 saturated carbocycles. The van der Waals surface area contributed by atoms with Gasteiger partial charge in [-0.15, -0.1) is 0 Å². The SMILES string of the molecule is CCOC(=O)CN=C1CCCC(N(C)S(=O)(=O)c2cc(C(F)(F)F)cc([Si](C)(C)C)c2)C1C=N. The number of ether oxygens (including phenoxy) is 1. The molecule has 0 aliphatic heterocycles. The van der Waals surface area contributed by atoms with E-state index >= 15 is 0 Å². The fourth-order valence-corrected chi connectivity index (χ4v) is 6.68. The van der Waals surface area contributed by atoms with Crippen molar-refractivity contribution in [1.82, 2.24) is 4.31 Å². The minimum Gasteiger partial charge on any atom is -0.465 e. The van der Waals surface area contributed by atoms with Gasteiger partial charge >= 0.3 is 12.1 Å². The maximum Gasteiger partial charge on any atom is 0.416 e. The number of nitrogens with zero attached hydrogens (tertiary/aromatic N) is 2. The molecule has 34 heavy (non-hydrogen) atoms. The van der Waals surface area contributed by atoms with Gasteiger partial charge in [-0.05, 0) is 38.3 Å². The van der Waals surface area contributed by atoms with E-state index < -0.39 is 52.7 Å². The lowest BCUT2D eigenvalue weighted by molar-refractivity contribution is -0.141. The Kier molecular flexibility index (Phi) is 8.86. The van der Waals surface area contributed by atoms with Crippen LogP contribution in [-0.4, -0.2) is 64.9 Å². The highest BCUT2D eigenvalue weighted by molar-refractivity contribution is 7.89. The first kappa shape index (κ1) is 28.2. The average molecular weight is 520 g/mol. The van der Waals surface area contributed by atoms with E-state index in [2.05, 4.69) is 4.99 Å². The molecule has 190 valence electrons. The van der Waals surface area contributed by atoms with Crippen LogP contribution in [-0.2, 0) is 25.7 Å². The molecule has 1 aromatic carbocycles. The molecule has 0 amide bonds. The summed E-state index contributed by atoms with van der Waals surface area (Å²) in [6.07, 6.45) is -2.13. The quantitative estimate of drug-likeness (QED) is 0.322. The number of aliphatic imine (C=N–C) groups is 1. The average Bonchev–Trinajstić information content (AvgIpc) is 2.75.